The van der Waals surface area contributed by atoms with E-state index in [0.29, 0.717) is 10.7 Å². The predicted molar refractivity (Wildman–Crippen MR) is 106 cm³/mol. The van der Waals surface area contributed by atoms with Gasteiger partial charge in [-0.2, -0.15) is 0 Å². The summed E-state index contributed by atoms with van der Waals surface area (Å²) in [6.45, 7) is 3.68. The zero-order valence-corrected chi connectivity index (χ0v) is 16.3. The Morgan fingerprint density at radius 1 is 1.12 bits per heavy atom. The molecule has 132 valence electrons. The number of carbonyl (C=O) groups is 1. The highest BCUT2D eigenvalue weighted by molar-refractivity contribution is 7.17. The number of aryl methyl sites for hydroxylation is 1. The zero-order chi connectivity index (χ0) is 18.7. The largest absolute Gasteiger partial charge is 0.365 e. The molecule has 1 aromatic heterocycles. The fourth-order valence-corrected chi connectivity index (χ4v) is 3.57. The molecule has 3 aromatic rings. The van der Waals surface area contributed by atoms with Gasteiger partial charge in [0.05, 0.1) is 31.9 Å². The second-order valence-electron chi connectivity index (χ2n) is 5.48. The van der Waals surface area contributed by atoms with Crippen LogP contribution in [0.25, 0.3) is 10.6 Å². The Kier molecular flexibility index (Phi) is 5.71. The first-order valence-corrected chi connectivity index (χ1v) is 9.27. The molecular weight excluding hydrogens is 391 g/mol. The Hall–Kier alpha value is -2.21. The van der Waals surface area contributed by atoms with Crippen molar-refractivity contribution in [1.82, 2.24) is 4.98 Å². The first-order chi connectivity index (χ1) is 12.5. The molecule has 3 rings (SSSR count). The number of oxime groups is 1. The van der Waals surface area contributed by atoms with Crippen LogP contribution in [0.1, 0.15) is 27.9 Å². The maximum Gasteiger partial charge on any atom is 0.365 e. The summed E-state index contributed by atoms with van der Waals surface area (Å²) in [6.07, 6.45) is 0. The minimum atomic E-state index is -0.603. The molecule has 0 N–H and O–H groups in total. The normalized spacial score (nSPS) is 11.5. The van der Waals surface area contributed by atoms with Gasteiger partial charge in [0, 0.05) is 5.56 Å². The molecule has 0 bridgehead atoms. The second kappa shape index (κ2) is 7.99. The van der Waals surface area contributed by atoms with Gasteiger partial charge < -0.3 is 4.84 Å². The van der Waals surface area contributed by atoms with Crippen LogP contribution in [0.3, 0.4) is 0 Å². The molecule has 0 radical (unpaired) electrons. The van der Waals surface area contributed by atoms with Crippen molar-refractivity contribution in [2.24, 2.45) is 5.16 Å². The molecule has 0 aliphatic carbocycles. The van der Waals surface area contributed by atoms with Crippen molar-refractivity contribution in [3.63, 3.8) is 0 Å². The Morgan fingerprint density at radius 2 is 1.85 bits per heavy atom. The molecule has 26 heavy (non-hydrogen) atoms. The molecule has 0 aliphatic rings. The van der Waals surface area contributed by atoms with E-state index >= 15 is 0 Å². The van der Waals surface area contributed by atoms with Crippen LogP contribution in [0.15, 0.2) is 53.7 Å². The lowest BCUT2D eigenvalue weighted by Gasteiger charge is -2.01. The van der Waals surface area contributed by atoms with Gasteiger partial charge in [0.25, 0.3) is 0 Å². The molecular formula is C19H14Cl2N2O2S. The summed E-state index contributed by atoms with van der Waals surface area (Å²) in [5.41, 5.74) is 2.73. The molecule has 0 amide bonds. The highest BCUT2D eigenvalue weighted by Crippen LogP contribution is 2.28. The van der Waals surface area contributed by atoms with E-state index in [2.05, 4.69) is 10.1 Å². The minimum Gasteiger partial charge on any atom is -0.313 e. The lowest BCUT2D eigenvalue weighted by atomic mass is 10.2. The number of aromatic nitrogens is 1. The molecule has 0 aliphatic heterocycles. The number of rotatable bonds is 4. The van der Waals surface area contributed by atoms with Crippen LogP contribution >= 0.6 is 34.5 Å². The van der Waals surface area contributed by atoms with Crippen molar-refractivity contribution < 1.29 is 9.63 Å². The Balaban J connectivity index is 1.78. The smallest absolute Gasteiger partial charge is 0.313 e. The third-order valence-electron chi connectivity index (χ3n) is 3.57. The first-order valence-electron chi connectivity index (χ1n) is 7.70. The van der Waals surface area contributed by atoms with Gasteiger partial charge in [0.2, 0.25) is 0 Å². The van der Waals surface area contributed by atoms with Crippen LogP contribution in [0.5, 0.6) is 0 Å². The van der Waals surface area contributed by atoms with Crippen molar-refractivity contribution in [3.8, 4) is 10.6 Å². The molecule has 4 nitrogen and oxygen atoms in total. The number of benzene rings is 2. The van der Waals surface area contributed by atoms with Gasteiger partial charge >= 0.3 is 5.97 Å². The highest BCUT2D eigenvalue weighted by atomic mass is 35.5. The van der Waals surface area contributed by atoms with Crippen molar-refractivity contribution in [3.05, 3.63) is 74.7 Å². The maximum atomic E-state index is 12.1. The summed E-state index contributed by atoms with van der Waals surface area (Å²) in [5, 5.41) is 5.50. The standard InChI is InChI=1S/C19H14Cl2N2O2S/c1-11-17(26-18(22-11)13-6-4-3-5-7-13)12(2)23-25-19(24)14-8-9-15(20)16(21)10-14/h3-10H,1-2H3. The fourth-order valence-electron chi connectivity index (χ4n) is 2.26. The van der Waals surface area contributed by atoms with Crippen LogP contribution in [0.4, 0.5) is 0 Å². The van der Waals surface area contributed by atoms with Gasteiger partial charge in [-0.1, -0.05) is 58.7 Å². The Morgan fingerprint density at radius 3 is 2.54 bits per heavy atom. The van der Waals surface area contributed by atoms with Crippen LogP contribution in [-0.2, 0) is 4.84 Å². The molecule has 1 heterocycles. The van der Waals surface area contributed by atoms with Crippen LogP contribution in [-0.4, -0.2) is 16.7 Å². The van der Waals surface area contributed by atoms with E-state index in [0.717, 1.165) is 21.1 Å². The van der Waals surface area contributed by atoms with Crippen LogP contribution < -0.4 is 0 Å². The number of thiazole rings is 1. The van der Waals surface area contributed by atoms with Gasteiger partial charge in [-0.25, -0.2) is 9.78 Å². The Labute approximate surface area is 165 Å². The summed E-state index contributed by atoms with van der Waals surface area (Å²) >= 11 is 13.3. The quantitative estimate of drug-likeness (QED) is 0.304. The van der Waals surface area contributed by atoms with Crippen molar-refractivity contribution >= 4 is 46.2 Å². The number of hydrogen-bond acceptors (Lipinski definition) is 5. The summed E-state index contributed by atoms with van der Waals surface area (Å²) in [6, 6.07) is 14.4. The second-order valence-corrected chi connectivity index (χ2v) is 7.30. The molecule has 0 saturated carbocycles. The molecule has 0 spiro atoms. The third-order valence-corrected chi connectivity index (χ3v) is 5.62. The average Bonchev–Trinajstić information content (AvgIpc) is 3.04. The van der Waals surface area contributed by atoms with E-state index in [1.54, 1.807) is 6.92 Å². The van der Waals surface area contributed by atoms with E-state index < -0.39 is 5.97 Å². The van der Waals surface area contributed by atoms with Gasteiger partial charge in [-0.05, 0) is 32.0 Å². The summed E-state index contributed by atoms with van der Waals surface area (Å²) in [4.78, 5) is 22.6. The number of hydrogen-bond donors (Lipinski definition) is 0. The molecule has 0 unspecified atom stereocenters. The lowest BCUT2D eigenvalue weighted by molar-refractivity contribution is 0.0516. The van der Waals surface area contributed by atoms with E-state index in [1.165, 1.54) is 29.5 Å². The lowest BCUT2D eigenvalue weighted by Crippen LogP contribution is -2.04. The molecule has 0 fully saturated rings. The molecule has 2 aromatic carbocycles. The number of carbonyl (C=O) groups excluding carboxylic acids is 1. The third kappa shape index (κ3) is 4.12. The molecule has 0 saturated heterocycles. The van der Waals surface area contributed by atoms with Gasteiger partial charge in [0.1, 0.15) is 5.01 Å². The van der Waals surface area contributed by atoms with Gasteiger partial charge in [-0.3, -0.25) is 0 Å². The van der Waals surface area contributed by atoms with Gasteiger partial charge in [-0.15, -0.1) is 11.3 Å². The van der Waals surface area contributed by atoms with Crippen molar-refractivity contribution in [2.75, 3.05) is 0 Å². The number of halogens is 2. The topological polar surface area (TPSA) is 51.5 Å². The molecule has 0 atom stereocenters. The fraction of sp³-hybridized carbons (Fsp3) is 0.105. The summed E-state index contributed by atoms with van der Waals surface area (Å²) in [7, 11) is 0. The monoisotopic (exact) mass is 404 g/mol. The van der Waals surface area contributed by atoms with Crippen LogP contribution in [0, 0.1) is 6.92 Å². The maximum absolute atomic E-state index is 12.1. The SMILES string of the molecule is CC(=NOC(=O)c1ccc(Cl)c(Cl)c1)c1sc(-c2ccccc2)nc1C. The minimum absolute atomic E-state index is 0.280. The van der Waals surface area contributed by atoms with E-state index in [9.17, 15) is 4.79 Å². The zero-order valence-electron chi connectivity index (χ0n) is 14.0. The number of nitrogens with zero attached hydrogens (tertiary/aromatic N) is 2. The predicted octanol–water partition coefficient (Wildman–Crippen LogP) is 6.01. The summed E-state index contributed by atoms with van der Waals surface area (Å²) < 4.78 is 0. The van der Waals surface area contributed by atoms with Crippen LogP contribution in [0.2, 0.25) is 10.0 Å². The van der Waals surface area contributed by atoms with E-state index in [-0.39, 0.29) is 10.6 Å². The van der Waals surface area contributed by atoms with Crippen molar-refractivity contribution in [1.29, 1.82) is 0 Å². The Bertz CT molecular complexity index is 984. The molecule has 7 heteroatoms. The highest BCUT2D eigenvalue weighted by Gasteiger charge is 2.14. The van der Waals surface area contributed by atoms with Gasteiger partial charge in [0.15, 0.2) is 0 Å². The van der Waals surface area contributed by atoms with Crippen molar-refractivity contribution in [2.45, 2.75) is 13.8 Å². The van der Waals surface area contributed by atoms with E-state index in [1.807, 2.05) is 37.3 Å². The van der Waals surface area contributed by atoms with E-state index in [4.69, 9.17) is 28.0 Å². The summed E-state index contributed by atoms with van der Waals surface area (Å²) in [5.74, 6) is -0.603. The average molecular weight is 405 g/mol. The first kappa shape index (κ1) is 18.6.